The van der Waals surface area contributed by atoms with Crippen LogP contribution in [0.3, 0.4) is 0 Å². The van der Waals surface area contributed by atoms with Gasteiger partial charge in [0, 0.05) is 22.8 Å². The van der Waals surface area contributed by atoms with E-state index >= 15 is 0 Å². The van der Waals surface area contributed by atoms with Crippen LogP contribution >= 0.6 is 0 Å². The molecule has 18 heavy (non-hydrogen) atoms. The fourth-order valence-electron chi connectivity index (χ4n) is 2.16. The maximum absolute atomic E-state index is 12.4. The van der Waals surface area contributed by atoms with Gasteiger partial charge in [-0.2, -0.15) is 0 Å². The van der Waals surface area contributed by atoms with Crippen LogP contribution in [0.2, 0.25) is 0 Å². The van der Waals surface area contributed by atoms with Gasteiger partial charge in [-0.1, -0.05) is 24.3 Å². The van der Waals surface area contributed by atoms with E-state index in [1.165, 1.54) is 12.1 Å². The van der Waals surface area contributed by atoms with Gasteiger partial charge in [0.05, 0.1) is 5.56 Å². The fraction of sp³-hybridized carbons (Fsp3) is 0. The standard InChI is InChI=1S/C14H8O4/c15-7-5-10-12(11(16)6-7)14(18)9-4-2-1-3-8(9)13(10)17/h1-6,15-16H/i/hD2. The van der Waals surface area contributed by atoms with Gasteiger partial charge in [0.25, 0.3) is 2.86 Å². The zero-order chi connectivity index (χ0) is 14.3. The molecule has 0 aliphatic heterocycles. The average Bonchev–Trinajstić information content (AvgIpc) is 2.51. The number of rotatable bonds is 2. The lowest BCUT2D eigenvalue weighted by Crippen LogP contribution is -2.20. The average molecular weight is 242 g/mol. The third-order valence-electron chi connectivity index (χ3n) is 2.96. The maximum atomic E-state index is 12.4. The van der Waals surface area contributed by atoms with Crippen molar-refractivity contribution in [1.82, 2.24) is 0 Å². The number of fused-ring (bicyclic) bond motifs is 2. The molecule has 0 unspecified atom stereocenters. The first-order chi connectivity index (χ1) is 9.67. The van der Waals surface area contributed by atoms with E-state index < -0.39 is 0 Å². The first-order valence-electron chi connectivity index (χ1n) is 6.12. The van der Waals surface area contributed by atoms with E-state index in [1.54, 1.807) is 24.3 Å². The molecule has 1 aliphatic carbocycles. The molecule has 0 aromatic heterocycles. The summed E-state index contributed by atoms with van der Waals surface area (Å²) in [5.74, 6) is -0.800. The van der Waals surface area contributed by atoms with Crippen LogP contribution in [0.4, 0.5) is 0 Å². The van der Waals surface area contributed by atoms with E-state index in [4.69, 9.17) is 2.86 Å². The van der Waals surface area contributed by atoms with Crippen LogP contribution in [0.15, 0.2) is 36.4 Å². The molecule has 0 bridgehead atoms. The summed E-state index contributed by atoms with van der Waals surface area (Å²) in [5.41, 5.74) is 0.691. The molecule has 0 radical (unpaired) electrons. The van der Waals surface area contributed by atoms with Gasteiger partial charge in [0.15, 0.2) is 11.6 Å². The molecule has 0 fully saturated rings. The van der Waals surface area contributed by atoms with Crippen molar-refractivity contribution in [3.05, 3.63) is 58.7 Å². The highest BCUT2D eigenvalue weighted by molar-refractivity contribution is 6.29. The molecule has 4 heteroatoms. The summed E-state index contributed by atoms with van der Waals surface area (Å²) in [5, 5.41) is 8.72. The van der Waals surface area contributed by atoms with Gasteiger partial charge in [-0.3, -0.25) is 9.59 Å². The van der Waals surface area contributed by atoms with Crippen molar-refractivity contribution >= 4 is 11.6 Å². The van der Waals surface area contributed by atoms with Crippen molar-refractivity contribution in [3.8, 4) is 11.5 Å². The Morgan fingerprint density at radius 3 is 2.28 bits per heavy atom. The molecule has 3 rings (SSSR count). The van der Waals surface area contributed by atoms with E-state index in [0.717, 1.165) is 0 Å². The van der Waals surface area contributed by atoms with Crippen molar-refractivity contribution in [1.29, 1.82) is 2.86 Å². The number of benzene rings is 2. The normalized spacial score (nSPS) is 14.2. The third-order valence-corrected chi connectivity index (χ3v) is 2.96. The Bertz CT molecular complexity index is 740. The highest BCUT2D eigenvalue weighted by Crippen LogP contribution is 2.35. The van der Waals surface area contributed by atoms with E-state index in [9.17, 15) is 9.59 Å². The minimum atomic E-state index is -0.381. The molecule has 2 aromatic carbocycles. The Hall–Kier alpha value is -2.62. The van der Waals surface area contributed by atoms with Crippen LogP contribution in [0, 0.1) is 0 Å². The van der Waals surface area contributed by atoms with Gasteiger partial charge in [-0.15, -0.1) is 0 Å². The lowest BCUT2D eigenvalue weighted by Gasteiger charge is -2.18. The summed E-state index contributed by atoms with van der Waals surface area (Å²) in [7, 11) is 0. The molecule has 1 aliphatic rings. The molecular formula is C14H8O4. The second kappa shape index (κ2) is 3.43. The molecule has 88 valence electrons. The lowest BCUT2D eigenvalue weighted by atomic mass is 9.83. The number of phenolic OH excluding ortho intramolecular Hbond substituents is 2. The Morgan fingerprint density at radius 2 is 1.61 bits per heavy atom. The summed E-state index contributed by atoms with van der Waals surface area (Å²) in [4.78, 5) is 24.8. The van der Waals surface area contributed by atoms with Crippen LogP contribution in [0.1, 0.15) is 31.8 Å². The van der Waals surface area contributed by atoms with Crippen LogP contribution in [-0.4, -0.2) is 24.6 Å². The van der Waals surface area contributed by atoms with E-state index in [0.29, 0.717) is 5.56 Å². The van der Waals surface area contributed by atoms with Crippen molar-refractivity contribution < 1.29 is 19.8 Å². The number of phenols is 2. The Labute approximate surface area is 105 Å². The summed E-state index contributed by atoms with van der Waals surface area (Å²) in [6.07, 6.45) is 0. The van der Waals surface area contributed by atoms with Gasteiger partial charge >= 0.3 is 0 Å². The van der Waals surface area contributed by atoms with E-state index in [-0.39, 0.29) is 39.8 Å². The number of hydrogen-bond donors (Lipinski definition) is 2. The molecule has 0 spiro atoms. The third kappa shape index (κ3) is 1.26. The second-order valence-corrected chi connectivity index (χ2v) is 4.05. The maximum Gasteiger partial charge on any atom is 0.293 e. The minimum Gasteiger partial charge on any atom is -0.508 e. The fourth-order valence-corrected chi connectivity index (χ4v) is 2.16. The SMILES string of the molecule is [2H]Oc1cc(O[2H])c2c(c1)C(=O)c1ccccc1C2=O. The van der Waals surface area contributed by atoms with Crippen molar-refractivity contribution in [2.24, 2.45) is 0 Å². The van der Waals surface area contributed by atoms with Gasteiger partial charge in [-0.25, -0.2) is 0 Å². The van der Waals surface area contributed by atoms with E-state index in [2.05, 4.69) is 10.2 Å². The molecule has 2 aromatic rings. The van der Waals surface area contributed by atoms with Crippen LogP contribution in [-0.2, 0) is 0 Å². The number of carbonyl (C=O) groups is 2. The predicted molar refractivity (Wildman–Crippen MR) is 63.1 cm³/mol. The van der Waals surface area contributed by atoms with Crippen molar-refractivity contribution in [3.63, 3.8) is 0 Å². The summed E-state index contributed by atoms with van der Waals surface area (Å²) in [6.45, 7) is 0. The molecule has 0 saturated carbocycles. The van der Waals surface area contributed by atoms with Crippen LogP contribution < -0.4 is 0 Å². The number of carbonyl (C=O) groups excluding carboxylic acids is 2. The Kier molecular flexibility index (Phi) is 1.62. The summed E-state index contributed by atoms with van der Waals surface area (Å²) < 4.78 is 13.9. The van der Waals surface area contributed by atoms with Gasteiger partial charge in [0.1, 0.15) is 11.5 Å². The molecule has 0 atom stereocenters. The quantitative estimate of drug-likeness (QED) is 0.719. The molecular weight excluding hydrogens is 232 g/mol. The highest BCUT2D eigenvalue weighted by Gasteiger charge is 2.32. The van der Waals surface area contributed by atoms with Crippen molar-refractivity contribution in [2.75, 3.05) is 0 Å². The largest absolute Gasteiger partial charge is 0.508 e. The topological polar surface area (TPSA) is 74.6 Å². The first kappa shape index (κ1) is 8.47. The Balaban J connectivity index is 2.32. The summed E-state index contributed by atoms with van der Waals surface area (Å²) >= 11 is 0. The highest BCUT2D eigenvalue weighted by atomic mass is 16.3. The zero-order valence-corrected chi connectivity index (χ0v) is 9.10. The minimum absolute atomic E-state index is 0.0319. The van der Waals surface area contributed by atoms with Crippen LogP contribution in [0.5, 0.6) is 11.5 Å². The zero-order valence-electron chi connectivity index (χ0n) is 11.1. The number of aromatic hydroxyl groups is 2. The van der Waals surface area contributed by atoms with Crippen LogP contribution in [0.25, 0.3) is 0 Å². The van der Waals surface area contributed by atoms with Gasteiger partial charge < -0.3 is 10.2 Å². The van der Waals surface area contributed by atoms with Gasteiger partial charge in [0.2, 0.25) is 0 Å². The second-order valence-electron chi connectivity index (χ2n) is 4.05. The molecule has 0 amide bonds. The molecule has 2 N–H and O–H groups in total. The number of hydrogen-bond acceptors (Lipinski definition) is 4. The smallest absolute Gasteiger partial charge is 0.293 e. The van der Waals surface area contributed by atoms with E-state index in [1.807, 2.05) is 0 Å². The Morgan fingerprint density at radius 1 is 0.889 bits per heavy atom. The van der Waals surface area contributed by atoms with Crippen molar-refractivity contribution in [2.45, 2.75) is 0 Å². The predicted octanol–water partition coefficient (Wildman–Crippen LogP) is 1.87. The lowest BCUT2D eigenvalue weighted by molar-refractivity contribution is 0.0976. The monoisotopic (exact) mass is 242 g/mol. The summed E-state index contributed by atoms with van der Waals surface area (Å²) in [6, 6.07) is 8.99. The first-order valence-corrected chi connectivity index (χ1v) is 5.30. The van der Waals surface area contributed by atoms with Gasteiger partial charge in [-0.05, 0) is 6.07 Å². The molecule has 0 heterocycles. The molecule has 4 nitrogen and oxygen atoms in total. The molecule has 0 saturated heterocycles. The number of ketones is 2.